The van der Waals surface area contributed by atoms with Crippen molar-refractivity contribution in [3.8, 4) is 17.9 Å². The minimum atomic E-state index is -0.610. The van der Waals surface area contributed by atoms with Crippen LogP contribution in [-0.2, 0) is 6.42 Å². The van der Waals surface area contributed by atoms with Gasteiger partial charge in [-0.3, -0.25) is 10.1 Å². The van der Waals surface area contributed by atoms with Gasteiger partial charge in [0.2, 0.25) is 0 Å². The molecule has 0 aromatic heterocycles. The molecule has 0 saturated carbocycles. The summed E-state index contributed by atoms with van der Waals surface area (Å²) in [4.78, 5) is 9.99. The number of rotatable bonds is 3. The molecule has 0 radical (unpaired) electrons. The van der Waals surface area contributed by atoms with E-state index in [1.165, 1.54) is 13.2 Å². The van der Waals surface area contributed by atoms with Crippen molar-refractivity contribution in [1.82, 2.24) is 0 Å². The van der Waals surface area contributed by atoms with E-state index in [-0.39, 0.29) is 23.4 Å². The fourth-order valence-corrected chi connectivity index (χ4v) is 1.32. The summed E-state index contributed by atoms with van der Waals surface area (Å²) in [6, 6.07) is 6.03. The maximum absolute atomic E-state index is 10.6. The molecule has 80 valence electrons. The van der Waals surface area contributed by atoms with E-state index in [0.29, 0.717) is 5.56 Å². The number of ether oxygens (including phenoxy) is 1. The Bertz CT molecular complexity index is 511. The van der Waals surface area contributed by atoms with Gasteiger partial charge >= 0.3 is 0 Å². The number of nitrogens with zero attached hydrogens (tertiary/aromatic N) is 3. The molecular weight excluding hydrogens is 210 g/mol. The monoisotopic (exact) mass is 217 g/mol. The Kier molecular flexibility index (Phi) is 3.41. The quantitative estimate of drug-likeness (QED) is 0.564. The van der Waals surface area contributed by atoms with E-state index in [4.69, 9.17) is 15.3 Å². The molecule has 0 heterocycles. The number of non-ortho nitro benzene ring substituents is 1. The average molecular weight is 217 g/mol. The van der Waals surface area contributed by atoms with Gasteiger partial charge < -0.3 is 4.74 Å². The lowest BCUT2D eigenvalue weighted by Gasteiger charge is -2.07. The van der Waals surface area contributed by atoms with Gasteiger partial charge in [0.25, 0.3) is 5.69 Å². The maximum Gasteiger partial charge on any atom is 0.271 e. The van der Waals surface area contributed by atoms with E-state index >= 15 is 0 Å². The Labute approximate surface area is 91.4 Å². The van der Waals surface area contributed by atoms with E-state index in [1.54, 1.807) is 6.07 Å². The van der Waals surface area contributed by atoms with Gasteiger partial charge in [-0.05, 0) is 0 Å². The van der Waals surface area contributed by atoms with Gasteiger partial charge in [-0.1, -0.05) is 0 Å². The zero-order chi connectivity index (χ0) is 12.1. The van der Waals surface area contributed by atoms with Crippen LogP contribution >= 0.6 is 0 Å². The highest BCUT2D eigenvalue weighted by Crippen LogP contribution is 2.29. The Morgan fingerprint density at radius 2 is 2.19 bits per heavy atom. The Morgan fingerprint density at radius 3 is 2.62 bits per heavy atom. The Hall–Kier alpha value is -2.60. The molecule has 0 bridgehead atoms. The van der Waals surface area contributed by atoms with Crippen molar-refractivity contribution in [2.45, 2.75) is 6.42 Å². The third kappa shape index (κ3) is 2.07. The van der Waals surface area contributed by atoms with Crippen LogP contribution in [0.2, 0.25) is 0 Å². The van der Waals surface area contributed by atoms with Gasteiger partial charge in [0.05, 0.1) is 24.5 Å². The second kappa shape index (κ2) is 4.76. The number of methoxy groups -OCH3 is 1. The van der Waals surface area contributed by atoms with Crippen LogP contribution in [0.3, 0.4) is 0 Å². The summed E-state index contributed by atoms with van der Waals surface area (Å²) in [6.07, 6.45) is -0.0421. The molecule has 0 atom stereocenters. The third-order valence-corrected chi connectivity index (χ3v) is 1.96. The first-order valence-corrected chi connectivity index (χ1v) is 4.26. The lowest BCUT2D eigenvalue weighted by Crippen LogP contribution is -1.98. The summed E-state index contributed by atoms with van der Waals surface area (Å²) in [5.74, 6) is 0.217. The highest BCUT2D eigenvalue weighted by atomic mass is 16.6. The zero-order valence-corrected chi connectivity index (χ0v) is 8.43. The first kappa shape index (κ1) is 11.5. The van der Waals surface area contributed by atoms with Crippen LogP contribution in [0, 0.1) is 32.8 Å². The molecule has 0 aliphatic carbocycles. The molecule has 0 N–H and O–H groups in total. The first-order valence-electron chi connectivity index (χ1n) is 4.26. The predicted molar refractivity (Wildman–Crippen MR) is 53.7 cm³/mol. The second-order valence-corrected chi connectivity index (χ2v) is 2.89. The molecule has 0 unspecified atom stereocenters. The lowest BCUT2D eigenvalue weighted by molar-refractivity contribution is -0.384. The molecule has 0 saturated heterocycles. The second-order valence-electron chi connectivity index (χ2n) is 2.89. The topological polar surface area (TPSA) is 99.9 Å². The minimum Gasteiger partial charge on any atom is -0.495 e. The standard InChI is InChI=1S/C10H7N3O3/c1-16-10-7(2-3-11)4-9(13(14)15)5-8(10)6-12/h4-5H,2H2,1H3. The van der Waals surface area contributed by atoms with Crippen LogP contribution in [-0.4, -0.2) is 12.0 Å². The van der Waals surface area contributed by atoms with Crippen molar-refractivity contribution in [2.75, 3.05) is 7.11 Å². The van der Waals surface area contributed by atoms with E-state index < -0.39 is 4.92 Å². The van der Waals surface area contributed by atoms with Crippen LogP contribution in [0.15, 0.2) is 12.1 Å². The lowest BCUT2D eigenvalue weighted by atomic mass is 10.1. The Morgan fingerprint density at radius 1 is 1.50 bits per heavy atom. The summed E-state index contributed by atoms with van der Waals surface area (Å²) in [6.45, 7) is 0. The average Bonchev–Trinajstić information content (AvgIpc) is 2.28. The number of hydrogen-bond donors (Lipinski definition) is 0. The predicted octanol–water partition coefficient (Wildman–Crippen LogP) is 1.54. The highest BCUT2D eigenvalue weighted by molar-refractivity contribution is 5.55. The fraction of sp³-hybridized carbons (Fsp3) is 0.200. The molecule has 0 spiro atoms. The van der Waals surface area contributed by atoms with Gasteiger partial charge in [-0.15, -0.1) is 0 Å². The molecule has 1 aromatic carbocycles. The molecule has 0 aliphatic rings. The molecule has 0 aliphatic heterocycles. The number of nitriles is 2. The molecule has 0 fully saturated rings. The highest BCUT2D eigenvalue weighted by Gasteiger charge is 2.16. The van der Waals surface area contributed by atoms with Gasteiger partial charge in [0.15, 0.2) is 0 Å². The minimum absolute atomic E-state index is 0.0421. The first-order chi connectivity index (χ1) is 7.63. The summed E-state index contributed by atoms with van der Waals surface area (Å²) in [7, 11) is 1.35. The largest absolute Gasteiger partial charge is 0.495 e. The van der Waals surface area contributed by atoms with Crippen molar-refractivity contribution in [3.63, 3.8) is 0 Å². The number of benzene rings is 1. The number of nitro benzene ring substituents is 1. The Balaban J connectivity index is 3.46. The normalized spacial score (nSPS) is 8.94. The molecule has 1 aromatic rings. The fourth-order valence-electron chi connectivity index (χ4n) is 1.32. The summed E-state index contributed by atoms with van der Waals surface area (Å²) >= 11 is 0. The van der Waals surface area contributed by atoms with Crippen LogP contribution in [0.4, 0.5) is 5.69 Å². The summed E-state index contributed by atoms with van der Waals surface area (Å²) in [5, 5.41) is 28.0. The number of nitro groups is 1. The SMILES string of the molecule is COc1c(C#N)cc([N+](=O)[O-])cc1CC#N. The summed E-state index contributed by atoms with van der Waals surface area (Å²) < 4.78 is 4.96. The van der Waals surface area contributed by atoms with Crippen molar-refractivity contribution in [1.29, 1.82) is 10.5 Å². The van der Waals surface area contributed by atoms with E-state index in [0.717, 1.165) is 6.07 Å². The molecule has 1 rings (SSSR count). The molecule has 16 heavy (non-hydrogen) atoms. The van der Waals surface area contributed by atoms with Gasteiger partial charge in [0.1, 0.15) is 17.4 Å². The zero-order valence-electron chi connectivity index (χ0n) is 8.43. The van der Waals surface area contributed by atoms with Crippen molar-refractivity contribution in [3.05, 3.63) is 33.4 Å². The van der Waals surface area contributed by atoms with E-state index in [9.17, 15) is 10.1 Å². The molecular formula is C10H7N3O3. The van der Waals surface area contributed by atoms with Crippen LogP contribution < -0.4 is 4.74 Å². The van der Waals surface area contributed by atoms with Crippen molar-refractivity contribution >= 4 is 5.69 Å². The smallest absolute Gasteiger partial charge is 0.271 e. The van der Waals surface area contributed by atoms with Gasteiger partial charge in [-0.25, -0.2) is 0 Å². The van der Waals surface area contributed by atoms with Gasteiger partial charge in [-0.2, -0.15) is 10.5 Å². The molecule has 6 heteroatoms. The molecule has 6 nitrogen and oxygen atoms in total. The summed E-state index contributed by atoms with van der Waals surface area (Å²) in [5.41, 5.74) is 0.181. The molecule has 0 amide bonds. The van der Waals surface area contributed by atoms with Crippen molar-refractivity contribution in [2.24, 2.45) is 0 Å². The van der Waals surface area contributed by atoms with Gasteiger partial charge in [0, 0.05) is 17.7 Å². The van der Waals surface area contributed by atoms with E-state index in [1.807, 2.05) is 6.07 Å². The number of hydrogen-bond acceptors (Lipinski definition) is 5. The van der Waals surface area contributed by atoms with Crippen LogP contribution in [0.1, 0.15) is 11.1 Å². The van der Waals surface area contributed by atoms with Crippen molar-refractivity contribution < 1.29 is 9.66 Å². The van der Waals surface area contributed by atoms with E-state index in [2.05, 4.69) is 0 Å². The third-order valence-electron chi connectivity index (χ3n) is 1.96. The maximum atomic E-state index is 10.6. The van der Waals surface area contributed by atoms with Crippen LogP contribution in [0.25, 0.3) is 0 Å². The van der Waals surface area contributed by atoms with Crippen LogP contribution in [0.5, 0.6) is 5.75 Å².